The van der Waals surface area contributed by atoms with Crippen molar-refractivity contribution in [2.75, 3.05) is 75.8 Å². The van der Waals surface area contributed by atoms with Gasteiger partial charge in [0.05, 0.1) is 0 Å². The van der Waals surface area contributed by atoms with Crippen LogP contribution in [0.1, 0.15) is 12.5 Å². The van der Waals surface area contributed by atoms with Crippen LogP contribution in [0.4, 0.5) is 11.8 Å². The highest BCUT2D eigenvalue weighted by atomic mass is 15.4. The fourth-order valence-corrected chi connectivity index (χ4v) is 4.12. The second-order valence-corrected chi connectivity index (χ2v) is 7.87. The number of hydrogen-bond donors (Lipinski definition) is 1. The first-order valence-corrected chi connectivity index (χ1v) is 11.2. The SMILES string of the molecule is CCN1CCN(c2cc(CNC(=NC)N3CCN(c4ncccn4)CC3)ccn2)CC1. The first-order valence-electron chi connectivity index (χ1n) is 11.2. The Morgan fingerprint density at radius 1 is 0.935 bits per heavy atom. The van der Waals surface area contributed by atoms with E-state index in [4.69, 9.17) is 0 Å². The molecule has 2 aromatic rings. The van der Waals surface area contributed by atoms with Gasteiger partial charge >= 0.3 is 0 Å². The molecule has 2 saturated heterocycles. The van der Waals surface area contributed by atoms with Crippen LogP contribution in [0, 0.1) is 0 Å². The van der Waals surface area contributed by atoms with Crippen molar-refractivity contribution in [1.82, 2.24) is 30.1 Å². The van der Waals surface area contributed by atoms with Gasteiger partial charge in [-0.2, -0.15) is 0 Å². The van der Waals surface area contributed by atoms with Crippen molar-refractivity contribution in [3.8, 4) is 0 Å². The minimum absolute atomic E-state index is 0.735. The fourth-order valence-electron chi connectivity index (χ4n) is 4.12. The number of piperazine rings is 2. The summed E-state index contributed by atoms with van der Waals surface area (Å²) < 4.78 is 0. The standard InChI is InChI=1S/C22H33N9/c1-3-28-9-11-29(12-10-28)20-17-19(5-8-24-20)18-27-21(23-2)30-13-15-31(16-14-30)22-25-6-4-7-26-22/h4-8,17H,3,9-16,18H2,1-2H3,(H,23,27). The van der Waals surface area contributed by atoms with Gasteiger partial charge in [-0.3, -0.25) is 4.99 Å². The number of nitrogens with zero attached hydrogens (tertiary/aromatic N) is 8. The summed E-state index contributed by atoms with van der Waals surface area (Å²) >= 11 is 0. The molecule has 0 radical (unpaired) electrons. The Kier molecular flexibility index (Phi) is 7.14. The maximum Gasteiger partial charge on any atom is 0.225 e. The zero-order valence-electron chi connectivity index (χ0n) is 18.6. The van der Waals surface area contributed by atoms with Gasteiger partial charge in [0, 0.05) is 84.5 Å². The van der Waals surface area contributed by atoms with Crippen LogP contribution in [0.2, 0.25) is 0 Å². The number of hydrogen-bond acceptors (Lipinski definition) is 7. The number of aromatic nitrogens is 3. The average molecular weight is 424 g/mol. The first-order chi connectivity index (χ1) is 15.3. The van der Waals surface area contributed by atoms with E-state index in [-0.39, 0.29) is 0 Å². The molecule has 1 N–H and O–H groups in total. The maximum atomic E-state index is 4.61. The highest BCUT2D eigenvalue weighted by molar-refractivity contribution is 5.80. The number of aliphatic imine (C=N–C) groups is 1. The third-order valence-electron chi connectivity index (χ3n) is 6.03. The molecule has 0 saturated carbocycles. The van der Waals surface area contributed by atoms with Crippen LogP contribution in [0.15, 0.2) is 41.8 Å². The van der Waals surface area contributed by atoms with Crippen molar-refractivity contribution in [1.29, 1.82) is 0 Å². The lowest BCUT2D eigenvalue weighted by Crippen LogP contribution is -2.52. The van der Waals surface area contributed by atoms with Crippen LogP contribution in [0.5, 0.6) is 0 Å². The lowest BCUT2D eigenvalue weighted by atomic mass is 10.2. The van der Waals surface area contributed by atoms with Gasteiger partial charge in [0.1, 0.15) is 5.82 Å². The summed E-state index contributed by atoms with van der Waals surface area (Å²) in [6.45, 7) is 11.9. The summed E-state index contributed by atoms with van der Waals surface area (Å²) in [5, 5.41) is 3.53. The van der Waals surface area contributed by atoms with Gasteiger partial charge in [-0.1, -0.05) is 6.92 Å². The molecular formula is C22H33N9. The summed E-state index contributed by atoms with van der Waals surface area (Å²) in [6, 6.07) is 6.13. The van der Waals surface area contributed by atoms with Crippen molar-refractivity contribution < 1.29 is 0 Å². The lowest BCUT2D eigenvalue weighted by Gasteiger charge is -2.36. The van der Waals surface area contributed by atoms with Crippen LogP contribution in [-0.2, 0) is 6.54 Å². The monoisotopic (exact) mass is 423 g/mol. The van der Waals surface area contributed by atoms with Crippen molar-refractivity contribution in [2.45, 2.75) is 13.5 Å². The Bertz CT molecular complexity index is 841. The number of nitrogens with one attached hydrogen (secondary N) is 1. The topological polar surface area (TPSA) is 76.0 Å². The summed E-state index contributed by atoms with van der Waals surface area (Å²) in [7, 11) is 1.85. The Morgan fingerprint density at radius 3 is 2.32 bits per heavy atom. The molecule has 2 fully saturated rings. The Labute approximate surface area is 184 Å². The predicted molar refractivity (Wildman–Crippen MR) is 125 cm³/mol. The number of anilines is 2. The number of likely N-dealkylation sites (N-methyl/N-ethyl adjacent to an activating group) is 1. The Morgan fingerprint density at radius 2 is 1.65 bits per heavy atom. The second-order valence-electron chi connectivity index (χ2n) is 7.87. The molecule has 2 aliphatic heterocycles. The van der Waals surface area contributed by atoms with Crippen LogP contribution in [0.25, 0.3) is 0 Å². The molecule has 0 aromatic carbocycles. The second kappa shape index (κ2) is 10.4. The Hall–Kier alpha value is -2.94. The van der Waals surface area contributed by atoms with E-state index in [1.165, 1.54) is 5.56 Å². The zero-order valence-corrected chi connectivity index (χ0v) is 18.6. The molecule has 0 spiro atoms. The van der Waals surface area contributed by atoms with Crippen molar-refractivity contribution in [3.63, 3.8) is 0 Å². The normalized spacial score (nSPS) is 18.4. The highest BCUT2D eigenvalue weighted by Crippen LogP contribution is 2.15. The number of guanidine groups is 1. The average Bonchev–Trinajstić information content (AvgIpc) is 2.85. The molecule has 0 bridgehead atoms. The molecule has 9 nitrogen and oxygen atoms in total. The third kappa shape index (κ3) is 5.41. The van der Waals surface area contributed by atoms with Gasteiger partial charge < -0.3 is 24.9 Å². The minimum Gasteiger partial charge on any atom is -0.354 e. The van der Waals surface area contributed by atoms with Gasteiger partial charge in [0.25, 0.3) is 0 Å². The molecule has 0 amide bonds. The predicted octanol–water partition coefficient (Wildman–Crippen LogP) is 0.911. The maximum absolute atomic E-state index is 4.61. The summed E-state index contributed by atoms with van der Waals surface area (Å²) in [6.07, 6.45) is 5.50. The molecule has 166 valence electrons. The third-order valence-corrected chi connectivity index (χ3v) is 6.03. The van der Waals surface area contributed by atoms with E-state index >= 15 is 0 Å². The van der Waals surface area contributed by atoms with E-state index in [0.717, 1.165) is 83.2 Å². The van der Waals surface area contributed by atoms with Crippen LogP contribution in [0.3, 0.4) is 0 Å². The zero-order chi connectivity index (χ0) is 21.5. The van der Waals surface area contributed by atoms with E-state index in [1.807, 2.05) is 19.3 Å². The molecular weight excluding hydrogens is 390 g/mol. The number of rotatable bonds is 5. The fraction of sp³-hybridized carbons (Fsp3) is 0.545. The van der Waals surface area contributed by atoms with Gasteiger partial charge in [-0.05, 0) is 30.3 Å². The lowest BCUT2D eigenvalue weighted by molar-refractivity contribution is 0.270. The van der Waals surface area contributed by atoms with E-state index < -0.39 is 0 Å². The molecule has 0 aliphatic carbocycles. The number of pyridine rings is 1. The van der Waals surface area contributed by atoms with E-state index in [9.17, 15) is 0 Å². The quantitative estimate of drug-likeness (QED) is 0.562. The van der Waals surface area contributed by atoms with Gasteiger partial charge in [0.2, 0.25) is 5.95 Å². The van der Waals surface area contributed by atoms with Crippen LogP contribution in [-0.4, -0.2) is 96.7 Å². The van der Waals surface area contributed by atoms with Crippen molar-refractivity contribution in [2.24, 2.45) is 4.99 Å². The minimum atomic E-state index is 0.735. The van der Waals surface area contributed by atoms with E-state index in [1.54, 1.807) is 12.4 Å². The largest absolute Gasteiger partial charge is 0.354 e. The molecule has 4 rings (SSSR count). The van der Waals surface area contributed by atoms with E-state index in [2.05, 4.69) is 63.9 Å². The van der Waals surface area contributed by atoms with Crippen LogP contribution < -0.4 is 15.1 Å². The van der Waals surface area contributed by atoms with E-state index in [0.29, 0.717) is 0 Å². The molecule has 2 aliphatic rings. The molecule has 2 aromatic heterocycles. The molecule has 0 unspecified atom stereocenters. The molecule has 4 heterocycles. The van der Waals surface area contributed by atoms with Gasteiger partial charge in [-0.25, -0.2) is 15.0 Å². The van der Waals surface area contributed by atoms with Crippen molar-refractivity contribution in [3.05, 3.63) is 42.4 Å². The first kappa shape index (κ1) is 21.3. The summed E-state index contributed by atoms with van der Waals surface area (Å²) in [5.41, 5.74) is 1.22. The molecule has 31 heavy (non-hydrogen) atoms. The molecule has 0 atom stereocenters. The summed E-state index contributed by atoms with van der Waals surface area (Å²) in [4.78, 5) is 27.2. The molecule has 9 heteroatoms. The Balaban J connectivity index is 1.29. The highest BCUT2D eigenvalue weighted by Gasteiger charge is 2.21. The smallest absolute Gasteiger partial charge is 0.225 e. The van der Waals surface area contributed by atoms with Crippen LogP contribution >= 0.6 is 0 Å². The summed E-state index contributed by atoms with van der Waals surface area (Å²) in [5.74, 6) is 2.80. The van der Waals surface area contributed by atoms with Crippen molar-refractivity contribution >= 4 is 17.7 Å². The van der Waals surface area contributed by atoms with Gasteiger partial charge in [-0.15, -0.1) is 0 Å². The van der Waals surface area contributed by atoms with Gasteiger partial charge in [0.15, 0.2) is 5.96 Å².